The minimum absolute atomic E-state index is 0.0917. The third-order valence-electron chi connectivity index (χ3n) is 3.70. The van der Waals surface area contributed by atoms with Gasteiger partial charge in [-0.3, -0.25) is 9.89 Å². The molecule has 1 aromatic carbocycles. The predicted octanol–water partition coefficient (Wildman–Crippen LogP) is 3.35. The molecule has 0 radical (unpaired) electrons. The molecule has 0 fully saturated rings. The lowest BCUT2D eigenvalue weighted by Crippen LogP contribution is -2.22. The molecule has 0 aliphatic rings. The van der Waals surface area contributed by atoms with Gasteiger partial charge in [0.15, 0.2) is 0 Å². The number of aryl methyl sites for hydroxylation is 2. The van der Waals surface area contributed by atoms with Crippen LogP contribution >= 0.6 is 35.4 Å². The molecule has 26 heavy (non-hydrogen) atoms. The van der Waals surface area contributed by atoms with Gasteiger partial charge < -0.3 is 0 Å². The summed E-state index contributed by atoms with van der Waals surface area (Å²) in [7, 11) is 0. The van der Waals surface area contributed by atoms with Gasteiger partial charge in [0, 0.05) is 5.02 Å². The molecule has 0 bridgehead atoms. The first-order valence-electron chi connectivity index (χ1n) is 7.57. The Bertz CT molecular complexity index is 1110. The summed E-state index contributed by atoms with van der Waals surface area (Å²) in [6.45, 7) is 3.79. The van der Waals surface area contributed by atoms with E-state index < -0.39 is 5.56 Å². The first kappa shape index (κ1) is 18.5. The zero-order valence-electron chi connectivity index (χ0n) is 13.9. The minimum Gasteiger partial charge on any atom is -0.265 e. The van der Waals surface area contributed by atoms with Crippen LogP contribution in [-0.2, 0) is 6.54 Å². The molecular weight excluding hydrogens is 395 g/mol. The van der Waals surface area contributed by atoms with Crippen LogP contribution in [0.3, 0.4) is 0 Å². The lowest BCUT2D eigenvalue weighted by Gasteiger charge is -2.05. The zero-order valence-corrected chi connectivity index (χ0v) is 16.2. The van der Waals surface area contributed by atoms with E-state index in [1.165, 1.54) is 6.21 Å². The fraction of sp³-hybridized carbons (Fsp3) is 0.188. The van der Waals surface area contributed by atoms with Crippen molar-refractivity contribution in [3.8, 4) is 0 Å². The second-order valence-corrected chi connectivity index (χ2v) is 6.67. The fourth-order valence-electron chi connectivity index (χ4n) is 2.30. The van der Waals surface area contributed by atoms with Crippen LogP contribution in [0.2, 0.25) is 10.2 Å². The number of nitrogens with one attached hydrogen (secondary N) is 1. The summed E-state index contributed by atoms with van der Waals surface area (Å²) in [4.78, 5) is 12.1. The van der Waals surface area contributed by atoms with Gasteiger partial charge in [0.1, 0.15) is 10.8 Å². The molecule has 0 atom stereocenters. The fourth-order valence-corrected chi connectivity index (χ4v) is 2.95. The van der Waals surface area contributed by atoms with Crippen molar-refractivity contribution in [2.24, 2.45) is 5.10 Å². The average Bonchev–Trinajstić information content (AvgIpc) is 2.87. The molecule has 2 heterocycles. The van der Waals surface area contributed by atoms with E-state index >= 15 is 0 Å². The number of H-pyrrole nitrogens is 1. The predicted molar refractivity (Wildman–Crippen MR) is 104 cm³/mol. The number of rotatable bonds is 4. The van der Waals surface area contributed by atoms with Crippen LogP contribution in [0, 0.1) is 18.6 Å². The van der Waals surface area contributed by atoms with Gasteiger partial charge >= 0.3 is 0 Å². The lowest BCUT2D eigenvalue weighted by molar-refractivity contribution is 0.680. The van der Waals surface area contributed by atoms with Gasteiger partial charge in [-0.15, -0.1) is 0 Å². The maximum absolute atomic E-state index is 12.1. The zero-order chi connectivity index (χ0) is 18.8. The summed E-state index contributed by atoms with van der Waals surface area (Å²) < 4.78 is 2.77. The first-order valence-corrected chi connectivity index (χ1v) is 8.74. The molecule has 10 heteroatoms. The standard InChI is InChI=1S/C16H14Cl2N6OS/c1-9-12(7-19-24-15(25)10(2)20-21-16(24)26)14(18)23(22-9)8-11-5-3-4-6-13(11)17/h3-7H,8H2,1-2H3,(H,21,26). The maximum atomic E-state index is 12.1. The summed E-state index contributed by atoms with van der Waals surface area (Å²) in [6.07, 6.45) is 1.46. The molecule has 0 aliphatic carbocycles. The molecule has 0 saturated heterocycles. The van der Waals surface area contributed by atoms with Crippen LogP contribution in [0.1, 0.15) is 22.5 Å². The molecule has 1 N–H and O–H groups in total. The molecule has 7 nitrogen and oxygen atoms in total. The highest BCUT2D eigenvalue weighted by atomic mass is 35.5. The molecule has 3 aromatic rings. The Hall–Kier alpha value is -2.29. The van der Waals surface area contributed by atoms with Crippen molar-refractivity contribution < 1.29 is 0 Å². The number of aromatic amines is 1. The molecule has 0 amide bonds. The first-order chi connectivity index (χ1) is 12.4. The number of nitrogens with zero attached hydrogens (tertiary/aromatic N) is 5. The number of aromatic nitrogens is 5. The highest BCUT2D eigenvalue weighted by Gasteiger charge is 2.13. The van der Waals surface area contributed by atoms with Gasteiger partial charge in [0.05, 0.1) is 24.0 Å². The highest BCUT2D eigenvalue weighted by molar-refractivity contribution is 7.71. The molecule has 0 unspecified atom stereocenters. The number of halogens is 2. The van der Waals surface area contributed by atoms with Gasteiger partial charge in [0.25, 0.3) is 5.56 Å². The Morgan fingerprint density at radius 3 is 2.73 bits per heavy atom. The van der Waals surface area contributed by atoms with E-state index in [0.717, 1.165) is 10.2 Å². The lowest BCUT2D eigenvalue weighted by atomic mass is 10.2. The van der Waals surface area contributed by atoms with Crippen LogP contribution in [0.25, 0.3) is 0 Å². The Balaban J connectivity index is 1.97. The second-order valence-electron chi connectivity index (χ2n) is 5.51. The van der Waals surface area contributed by atoms with E-state index in [1.807, 2.05) is 24.3 Å². The topological polar surface area (TPSA) is 80.9 Å². The van der Waals surface area contributed by atoms with Crippen molar-refractivity contribution in [3.05, 3.63) is 72.1 Å². The van der Waals surface area contributed by atoms with E-state index in [9.17, 15) is 4.79 Å². The largest absolute Gasteiger partial charge is 0.296 e. The van der Waals surface area contributed by atoms with E-state index in [2.05, 4.69) is 20.4 Å². The summed E-state index contributed by atoms with van der Waals surface area (Å²) >= 11 is 17.7. The van der Waals surface area contributed by atoms with Crippen molar-refractivity contribution in [3.63, 3.8) is 0 Å². The Morgan fingerprint density at radius 1 is 1.27 bits per heavy atom. The van der Waals surface area contributed by atoms with E-state index in [0.29, 0.717) is 28.0 Å². The van der Waals surface area contributed by atoms with Gasteiger partial charge in [-0.25, -0.2) is 4.68 Å². The quantitative estimate of drug-likeness (QED) is 0.529. The second kappa shape index (κ2) is 7.53. The molecule has 134 valence electrons. The van der Waals surface area contributed by atoms with Crippen LogP contribution in [0.15, 0.2) is 34.2 Å². The summed E-state index contributed by atoms with van der Waals surface area (Å²) in [5.41, 5.74) is 2.01. The smallest absolute Gasteiger partial charge is 0.265 e. The molecular formula is C16H14Cl2N6OS. The highest BCUT2D eigenvalue weighted by Crippen LogP contribution is 2.22. The Kier molecular flexibility index (Phi) is 5.36. The van der Waals surface area contributed by atoms with E-state index in [1.54, 1.807) is 18.5 Å². The normalized spacial score (nSPS) is 11.4. The van der Waals surface area contributed by atoms with Crippen LogP contribution < -0.4 is 5.56 Å². The molecule has 3 rings (SSSR count). The van der Waals surface area contributed by atoms with Crippen molar-refractivity contribution in [1.29, 1.82) is 0 Å². The van der Waals surface area contributed by atoms with E-state index in [-0.39, 0.29) is 10.5 Å². The molecule has 0 spiro atoms. The van der Waals surface area contributed by atoms with E-state index in [4.69, 9.17) is 35.4 Å². The van der Waals surface area contributed by atoms with Crippen molar-refractivity contribution >= 4 is 41.6 Å². The third-order valence-corrected chi connectivity index (χ3v) is 4.73. The molecule has 0 saturated carbocycles. The van der Waals surface area contributed by atoms with Crippen molar-refractivity contribution in [2.75, 3.05) is 0 Å². The number of benzene rings is 1. The number of hydrogen-bond donors (Lipinski definition) is 1. The molecule has 0 aliphatic heterocycles. The summed E-state index contributed by atoms with van der Waals surface area (Å²) in [5, 5.41) is 15.9. The number of hydrogen-bond acceptors (Lipinski definition) is 5. The Labute approximate surface area is 163 Å². The van der Waals surface area contributed by atoms with Crippen LogP contribution in [0.5, 0.6) is 0 Å². The van der Waals surface area contributed by atoms with Crippen LogP contribution in [-0.4, -0.2) is 30.9 Å². The monoisotopic (exact) mass is 408 g/mol. The minimum atomic E-state index is -0.401. The summed E-state index contributed by atoms with van der Waals surface area (Å²) in [6, 6.07) is 7.47. The Morgan fingerprint density at radius 2 is 2.00 bits per heavy atom. The van der Waals surface area contributed by atoms with Gasteiger partial charge in [-0.05, 0) is 37.7 Å². The van der Waals surface area contributed by atoms with Crippen molar-refractivity contribution in [2.45, 2.75) is 20.4 Å². The molecule has 2 aromatic heterocycles. The van der Waals surface area contributed by atoms with Crippen molar-refractivity contribution in [1.82, 2.24) is 24.7 Å². The van der Waals surface area contributed by atoms with Gasteiger partial charge in [-0.1, -0.05) is 41.4 Å². The van der Waals surface area contributed by atoms with Gasteiger partial charge in [-0.2, -0.15) is 20.0 Å². The van der Waals surface area contributed by atoms with Crippen LogP contribution in [0.4, 0.5) is 0 Å². The SMILES string of the molecule is Cc1nn(Cc2ccccc2Cl)c(Cl)c1C=Nn1c(=S)[nH]nc(C)c1=O. The third kappa shape index (κ3) is 3.62. The van der Waals surface area contributed by atoms with Gasteiger partial charge in [0.2, 0.25) is 4.77 Å². The summed E-state index contributed by atoms with van der Waals surface area (Å²) in [5.74, 6) is 0. The average molecular weight is 409 g/mol. The maximum Gasteiger partial charge on any atom is 0.296 e.